The van der Waals surface area contributed by atoms with Crippen molar-refractivity contribution in [3.63, 3.8) is 0 Å². The van der Waals surface area contributed by atoms with Gasteiger partial charge in [-0.15, -0.1) is 5.10 Å². The lowest BCUT2D eigenvalue weighted by molar-refractivity contribution is -0.137. The highest BCUT2D eigenvalue weighted by Gasteiger charge is 2.33. The summed E-state index contributed by atoms with van der Waals surface area (Å²) in [5.74, 6) is -0.136. The minimum absolute atomic E-state index is 0.00302. The van der Waals surface area contributed by atoms with Crippen LogP contribution in [0.4, 0.5) is 29.3 Å². The maximum absolute atomic E-state index is 14.2. The highest BCUT2D eigenvalue weighted by molar-refractivity contribution is 6.33. The zero-order valence-corrected chi connectivity index (χ0v) is 28.2. The van der Waals surface area contributed by atoms with Gasteiger partial charge in [-0.1, -0.05) is 24.6 Å². The van der Waals surface area contributed by atoms with E-state index in [-0.39, 0.29) is 29.1 Å². The van der Waals surface area contributed by atoms with Gasteiger partial charge >= 0.3 is 12.3 Å². The molecule has 0 saturated carbocycles. The molecule has 3 aromatic rings. The van der Waals surface area contributed by atoms with Gasteiger partial charge in [0.15, 0.2) is 5.82 Å². The van der Waals surface area contributed by atoms with E-state index in [9.17, 15) is 27.6 Å². The van der Waals surface area contributed by atoms with Crippen LogP contribution in [0.15, 0.2) is 29.1 Å². The molecule has 1 atom stereocenters. The summed E-state index contributed by atoms with van der Waals surface area (Å²) in [7, 11) is 0. The fourth-order valence-corrected chi connectivity index (χ4v) is 6.02. The first-order valence-electron chi connectivity index (χ1n) is 15.8. The topological polar surface area (TPSA) is 123 Å². The van der Waals surface area contributed by atoms with Crippen LogP contribution in [0.2, 0.25) is 5.02 Å². The number of hydrogen-bond acceptors (Lipinski definition) is 8. The number of alkyl halides is 3. The van der Waals surface area contributed by atoms with Crippen LogP contribution in [0.3, 0.4) is 0 Å². The van der Waals surface area contributed by atoms with Gasteiger partial charge in [-0.3, -0.25) is 9.59 Å². The summed E-state index contributed by atoms with van der Waals surface area (Å²) in [5, 5.41) is 6.89. The average Bonchev–Trinajstić information content (AvgIpc) is 3.37. The molecule has 4 heterocycles. The molecule has 5 rings (SSSR count). The normalized spacial score (nSPS) is 17.7. The van der Waals surface area contributed by atoms with Gasteiger partial charge in [0.2, 0.25) is 11.7 Å². The molecule has 1 saturated heterocycles. The monoisotopic (exact) mass is 693 g/mol. The SMILES string of the molecule is CCc1c(N2CC[C@@H](C)N(C(=O)OC(C)(C)C)CC2)c(=O)n2nc(C3=CCOCC3)nc2n1CC(=O)Nc1ccc(C(F)(F)F)cc1Cl. The van der Waals surface area contributed by atoms with Gasteiger partial charge in [0.05, 0.1) is 35.2 Å². The van der Waals surface area contributed by atoms with E-state index in [1.54, 1.807) is 30.2 Å². The van der Waals surface area contributed by atoms with E-state index in [0.29, 0.717) is 69.3 Å². The number of aromatic nitrogens is 4. The zero-order valence-electron chi connectivity index (χ0n) is 27.5. The fraction of sp³-hybridized carbons (Fsp3) is 0.531. The molecule has 1 N–H and O–H groups in total. The Morgan fingerprint density at radius 3 is 2.54 bits per heavy atom. The Labute approximate surface area is 280 Å². The highest BCUT2D eigenvalue weighted by Crippen LogP contribution is 2.34. The van der Waals surface area contributed by atoms with Crippen molar-refractivity contribution < 1.29 is 32.2 Å². The molecule has 0 unspecified atom stereocenters. The number of carbonyl (C=O) groups excluding carboxylic acids is 2. The van der Waals surface area contributed by atoms with Crippen LogP contribution in [0.25, 0.3) is 11.4 Å². The molecule has 0 spiro atoms. The summed E-state index contributed by atoms with van der Waals surface area (Å²) in [6.45, 7) is 10.7. The largest absolute Gasteiger partial charge is 0.444 e. The van der Waals surface area contributed by atoms with Crippen molar-refractivity contribution in [3.8, 4) is 0 Å². The summed E-state index contributed by atoms with van der Waals surface area (Å²) in [6, 6.07) is 2.51. The molecule has 0 bridgehead atoms. The Hall–Kier alpha value is -4.11. The van der Waals surface area contributed by atoms with Gasteiger partial charge in [0.25, 0.3) is 5.56 Å². The number of carbonyl (C=O) groups is 2. The molecule has 260 valence electrons. The maximum atomic E-state index is 14.2. The lowest BCUT2D eigenvalue weighted by Gasteiger charge is -2.30. The Kier molecular flexibility index (Phi) is 10.1. The molecular formula is C32H39ClF3N7O5. The van der Waals surface area contributed by atoms with Crippen LogP contribution in [0.5, 0.6) is 0 Å². The molecule has 12 nitrogen and oxygen atoms in total. The number of halogens is 4. The number of anilines is 2. The van der Waals surface area contributed by atoms with Crippen LogP contribution in [-0.4, -0.2) is 80.6 Å². The van der Waals surface area contributed by atoms with Gasteiger partial charge in [0, 0.05) is 25.7 Å². The molecule has 0 aliphatic carbocycles. The lowest BCUT2D eigenvalue weighted by Crippen LogP contribution is -2.43. The number of nitrogens with zero attached hydrogens (tertiary/aromatic N) is 6. The van der Waals surface area contributed by atoms with E-state index in [1.165, 1.54) is 4.52 Å². The van der Waals surface area contributed by atoms with E-state index in [2.05, 4.69) is 15.4 Å². The summed E-state index contributed by atoms with van der Waals surface area (Å²) in [6.07, 6.45) is -1.78. The third-order valence-corrected chi connectivity index (χ3v) is 8.50. The van der Waals surface area contributed by atoms with Crippen molar-refractivity contribution in [2.75, 3.05) is 43.1 Å². The number of fused-ring (bicyclic) bond motifs is 1. The highest BCUT2D eigenvalue weighted by atomic mass is 35.5. The lowest BCUT2D eigenvalue weighted by atomic mass is 10.1. The van der Waals surface area contributed by atoms with Crippen molar-refractivity contribution in [2.45, 2.75) is 78.2 Å². The fourth-order valence-electron chi connectivity index (χ4n) is 5.80. The predicted octanol–water partition coefficient (Wildman–Crippen LogP) is 5.40. The first kappa shape index (κ1) is 35.2. The van der Waals surface area contributed by atoms with Crippen molar-refractivity contribution in [2.24, 2.45) is 0 Å². The molecule has 2 aliphatic rings. The van der Waals surface area contributed by atoms with E-state index >= 15 is 0 Å². The third-order valence-electron chi connectivity index (χ3n) is 8.19. The van der Waals surface area contributed by atoms with E-state index in [4.69, 9.17) is 21.1 Å². The van der Waals surface area contributed by atoms with Gasteiger partial charge in [0.1, 0.15) is 17.8 Å². The van der Waals surface area contributed by atoms with Crippen molar-refractivity contribution in [3.05, 3.63) is 56.7 Å². The summed E-state index contributed by atoms with van der Waals surface area (Å²) in [5.41, 5.74) is -0.404. The second-order valence-corrected chi connectivity index (χ2v) is 13.2. The van der Waals surface area contributed by atoms with Crippen LogP contribution in [-0.2, 0) is 33.4 Å². The van der Waals surface area contributed by atoms with Gasteiger partial charge in [-0.25, -0.2) is 4.79 Å². The molecule has 1 aromatic carbocycles. The molecule has 2 aromatic heterocycles. The van der Waals surface area contributed by atoms with Crippen molar-refractivity contribution in [1.29, 1.82) is 0 Å². The first-order chi connectivity index (χ1) is 22.6. The molecule has 0 radical (unpaired) electrons. The molecule has 16 heteroatoms. The summed E-state index contributed by atoms with van der Waals surface area (Å²) >= 11 is 6.12. The average molecular weight is 694 g/mol. The standard InChI is InChI=1S/C32H39ClF3N7O5/c1-6-24-26(40-12-9-19(2)41(14-13-40)30(46)48-31(3,4)5)28(45)43-29(38-27(39-43)20-10-15-47-16-11-20)42(24)18-25(44)37-23-8-7-21(17-22(23)33)32(34,35)36/h7-8,10,17,19H,6,9,11-16,18H2,1-5H3,(H,37,44)/t19-/m1/s1. The van der Waals surface area contributed by atoms with E-state index in [1.807, 2.05) is 24.8 Å². The number of nitrogens with one attached hydrogen (secondary N) is 1. The summed E-state index contributed by atoms with van der Waals surface area (Å²) < 4.78 is 53.4. The van der Waals surface area contributed by atoms with Crippen LogP contribution < -0.4 is 15.8 Å². The number of rotatable bonds is 6. The molecule has 2 aliphatic heterocycles. The van der Waals surface area contributed by atoms with E-state index in [0.717, 1.165) is 23.8 Å². The third kappa shape index (κ3) is 7.62. The van der Waals surface area contributed by atoms with Gasteiger partial charge in [-0.05, 0) is 70.7 Å². The van der Waals surface area contributed by atoms with Gasteiger partial charge in [-0.2, -0.15) is 22.7 Å². The van der Waals surface area contributed by atoms with Crippen molar-refractivity contribution >= 4 is 46.3 Å². The second-order valence-electron chi connectivity index (χ2n) is 12.8. The first-order valence-corrected chi connectivity index (χ1v) is 16.2. The van der Waals surface area contributed by atoms with E-state index < -0.39 is 34.9 Å². The number of amides is 2. The number of ether oxygens (including phenoxy) is 2. The Bertz CT molecular complexity index is 1800. The molecular weight excluding hydrogens is 655 g/mol. The quantitative estimate of drug-likeness (QED) is 0.364. The van der Waals surface area contributed by atoms with Crippen LogP contribution in [0.1, 0.15) is 64.5 Å². The minimum atomic E-state index is -4.60. The molecule has 2 amide bonds. The second kappa shape index (κ2) is 13.8. The summed E-state index contributed by atoms with van der Waals surface area (Å²) in [4.78, 5) is 49.0. The zero-order chi connectivity index (χ0) is 35.0. The predicted molar refractivity (Wildman–Crippen MR) is 174 cm³/mol. The Morgan fingerprint density at radius 1 is 1.17 bits per heavy atom. The maximum Gasteiger partial charge on any atom is 0.416 e. The Balaban J connectivity index is 1.55. The van der Waals surface area contributed by atoms with Crippen molar-refractivity contribution in [1.82, 2.24) is 24.1 Å². The number of benzene rings is 1. The van der Waals surface area contributed by atoms with Crippen LogP contribution >= 0.6 is 11.6 Å². The van der Waals surface area contributed by atoms with Gasteiger partial charge < -0.3 is 29.2 Å². The Morgan fingerprint density at radius 2 is 1.92 bits per heavy atom. The molecule has 48 heavy (non-hydrogen) atoms. The molecule has 1 fully saturated rings. The minimum Gasteiger partial charge on any atom is -0.444 e. The van der Waals surface area contributed by atoms with Crippen LogP contribution in [0, 0.1) is 0 Å². The smallest absolute Gasteiger partial charge is 0.416 e. The number of hydrogen-bond donors (Lipinski definition) is 1.